The molecule has 5 nitrogen and oxygen atoms in total. The first-order valence-corrected chi connectivity index (χ1v) is 7.32. The third kappa shape index (κ3) is 4.05. The van der Waals surface area contributed by atoms with Crippen molar-refractivity contribution >= 4 is 0 Å². The molecular formula is C18H18N2O3. The van der Waals surface area contributed by atoms with E-state index in [2.05, 4.69) is 4.98 Å². The summed E-state index contributed by atoms with van der Waals surface area (Å²) < 4.78 is 0. The molecule has 0 amide bonds. The molecule has 1 aromatic heterocycles. The minimum absolute atomic E-state index is 0.142. The van der Waals surface area contributed by atoms with E-state index in [1.807, 2.05) is 60.7 Å². The zero-order valence-electron chi connectivity index (χ0n) is 12.5. The van der Waals surface area contributed by atoms with Crippen LogP contribution in [0.15, 0.2) is 66.7 Å². The van der Waals surface area contributed by atoms with Gasteiger partial charge in [0.05, 0.1) is 13.1 Å². The summed E-state index contributed by atoms with van der Waals surface area (Å²) in [4.78, 5) is 8.17. The van der Waals surface area contributed by atoms with Crippen molar-refractivity contribution in [3.05, 3.63) is 77.9 Å². The van der Waals surface area contributed by atoms with Crippen molar-refractivity contribution in [1.29, 1.82) is 0 Å². The highest BCUT2D eigenvalue weighted by Gasteiger charge is 2.14. The largest absolute Gasteiger partial charge is 0.494 e. The van der Waals surface area contributed by atoms with E-state index in [0.29, 0.717) is 13.1 Å². The molecule has 3 N–H and O–H groups in total. The Morgan fingerprint density at radius 1 is 0.826 bits per heavy atom. The van der Waals surface area contributed by atoms with Crippen molar-refractivity contribution in [3.63, 3.8) is 0 Å². The van der Waals surface area contributed by atoms with Gasteiger partial charge in [0.15, 0.2) is 5.88 Å². The van der Waals surface area contributed by atoms with Crippen LogP contribution in [0.5, 0.6) is 17.5 Å². The van der Waals surface area contributed by atoms with Crippen LogP contribution in [0.2, 0.25) is 0 Å². The van der Waals surface area contributed by atoms with E-state index in [9.17, 15) is 10.2 Å². The number of nitrogens with one attached hydrogen (secondary N) is 1. The van der Waals surface area contributed by atoms with Gasteiger partial charge in [0, 0.05) is 6.07 Å². The number of H-pyrrole nitrogens is 1. The van der Waals surface area contributed by atoms with Crippen molar-refractivity contribution in [3.8, 4) is 17.5 Å². The Balaban J connectivity index is 1.79. The molecule has 0 aliphatic rings. The fraction of sp³-hybridized carbons (Fsp3) is 0.111. The van der Waals surface area contributed by atoms with Crippen molar-refractivity contribution < 1.29 is 15.1 Å². The predicted molar refractivity (Wildman–Crippen MR) is 86.9 cm³/mol. The van der Waals surface area contributed by atoms with Crippen LogP contribution in [0, 0.1) is 0 Å². The summed E-state index contributed by atoms with van der Waals surface area (Å²) in [6.45, 7) is 1.09. The van der Waals surface area contributed by atoms with Gasteiger partial charge in [0.25, 0.3) is 0 Å². The summed E-state index contributed by atoms with van der Waals surface area (Å²) in [5.74, 6) is -0.153. The summed E-state index contributed by atoms with van der Waals surface area (Å²) in [6.07, 6.45) is 0. The lowest BCUT2D eigenvalue weighted by molar-refractivity contribution is -0.0773. The van der Waals surface area contributed by atoms with Crippen molar-refractivity contribution in [2.45, 2.75) is 13.1 Å². The number of nitrogens with zero attached hydrogens (tertiary/aromatic N) is 1. The van der Waals surface area contributed by atoms with E-state index in [0.717, 1.165) is 11.1 Å². The second-order valence-electron chi connectivity index (χ2n) is 5.23. The van der Waals surface area contributed by atoms with Crippen LogP contribution < -0.4 is 4.84 Å². The Morgan fingerprint density at radius 3 is 1.78 bits per heavy atom. The third-order valence-corrected chi connectivity index (χ3v) is 3.38. The van der Waals surface area contributed by atoms with Crippen LogP contribution in [0.1, 0.15) is 11.1 Å². The average molecular weight is 310 g/mol. The smallest absolute Gasteiger partial charge is 0.237 e. The molecule has 0 aliphatic carbocycles. The maximum absolute atomic E-state index is 9.75. The third-order valence-electron chi connectivity index (χ3n) is 3.38. The van der Waals surface area contributed by atoms with Crippen LogP contribution in [0.25, 0.3) is 0 Å². The van der Waals surface area contributed by atoms with Gasteiger partial charge in [-0.3, -0.25) is 4.98 Å². The van der Waals surface area contributed by atoms with Gasteiger partial charge in [-0.1, -0.05) is 60.7 Å². The lowest BCUT2D eigenvalue weighted by Crippen LogP contribution is -2.26. The Labute approximate surface area is 134 Å². The summed E-state index contributed by atoms with van der Waals surface area (Å²) in [7, 11) is 0. The molecule has 0 saturated carbocycles. The van der Waals surface area contributed by atoms with Crippen LogP contribution in [0.4, 0.5) is 0 Å². The molecule has 118 valence electrons. The summed E-state index contributed by atoms with van der Waals surface area (Å²) in [6, 6.07) is 21.2. The monoisotopic (exact) mass is 310 g/mol. The minimum Gasteiger partial charge on any atom is -0.494 e. The lowest BCUT2D eigenvalue weighted by atomic mass is 10.2. The van der Waals surface area contributed by atoms with Gasteiger partial charge in [0.2, 0.25) is 11.6 Å². The molecule has 23 heavy (non-hydrogen) atoms. The first kappa shape index (κ1) is 15.0. The zero-order chi connectivity index (χ0) is 16.1. The van der Waals surface area contributed by atoms with Gasteiger partial charge in [-0.25, -0.2) is 0 Å². The highest BCUT2D eigenvalue weighted by Crippen LogP contribution is 2.30. The number of rotatable bonds is 6. The van der Waals surface area contributed by atoms with Gasteiger partial charge in [-0.2, -0.15) is 0 Å². The first-order chi connectivity index (χ1) is 11.2. The van der Waals surface area contributed by atoms with Crippen molar-refractivity contribution in [1.82, 2.24) is 10.0 Å². The number of hydroxylamine groups is 2. The molecule has 0 aliphatic heterocycles. The SMILES string of the molecule is Oc1cc(ON(Cc2ccccc2)Cc2ccccc2)c(O)[nH]1. The van der Waals surface area contributed by atoms with Gasteiger partial charge in [-0.15, -0.1) is 5.06 Å². The molecule has 0 radical (unpaired) electrons. The predicted octanol–water partition coefficient (Wildman–Crippen LogP) is 3.42. The Hall–Kier alpha value is -2.92. The molecule has 5 heteroatoms. The van der Waals surface area contributed by atoms with E-state index in [1.165, 1.54) is 6.07 Å². The molecule has 3 aromatic rings. The Kier molecular flexibility index (Phi) is 4.49. The van der Waals surface area contributed by atoms with Crippen molar-refractivity contribution in [2.24, 2.45) is 0 Å². The average Bonchev–Trinajstić information content (AvgIpc) is 2.87. The van der Waals surface area contributed by atoms with E-state index in [-0.39, 0.29) is 17.5 Å². The molecule has 0 saturated heterocycles. The maximum Gasteiger partial charge on any atom is 0.237 e. The molecule has 0 fully saturated rings. The summed E-state index contributed by atoms with van der Waals surface area (Å²) in [5, 5.41) is 20.9. The van der Waals surface area contributed by atoms with Crippen LogP contribution in [0.3, 0.4) is 0 Å². The fourth-order valence-corrected chi connectivity index (χ4v) is 2.31. The molecule has 0 atom stereocenters. The Bertz CT molecular complexity index is 700. The number of aromatic nitrogens is 1. The zero-order valence-corrected chi connectivity index (χ0v) is 12.5. The topological polar surface area (TPSA) is 68.7 Å². The fourth-order valence-electron chi connectivity index (χ4n) is 2.31. The number of aromatic amines is 1. The molecule has 0 unspecified atom stereocenters. The van der Waals surface area contributed by atoms with Crippen LogP contribution in [-0.4, -0.2) is 20.3 Å². The van der Waals surface area contributed by atoms with Gasteiger partial charge in [-0.05, 0) is 11.1 Å². The van der Waals surface area contributed by atoms with E-state index in [4.69, 9.17) is 4.84 Å². The van der Waals surface area contributed by atoms with E-state index >= 15 is 0 Å². The normalized spacial score (nSPS) is 10.8. The summed E-state index contributed by atoms with van der Waals surface area (Å²) >= 11 is 0. The van der Waals surface area contributed by atoms with Crippen molar-refractivity contribution in [2.75, 3.05) is 0 Å². The second-order valence-corrected chi connectivity index (χ2v) is 5.23. The van der Waals surface area contributed by atoms with E-state index < -0.39 is 0 Å². The molecule has 2 aromatic carbocycles. The molecule has 0 bridgehead atoms. The lowest BCUT2D eigenvalue weighted by Gasteiger charge is -2.22. The highest BCUT2D eigenvalue weighted by molar-refractivity contribution is 5.38. The molecule has 1 heterocycles. The van der Waals surface area contributed by atoms with Gasteiger partial charge in [0.1, 0.15) is 0 Å². The molecule has 0 spiro atoms. The van der Waals surface area contributed by atoms with Gasteiger partial charge < -0.3 is 15.1 Å². The highest BCUT2D eigenvalue weighted by atomic mass is 16.7. The summed E-state index contributed by atoms with van der Waals surface area (Å²) in [5.41, 5.74) is 2.17. The Morgan fingerprint density at radius 2 is 1.35 bits per heavy atom. The first-order valence-electron chi connectivity index (χ1n) is 7.32. The quantitative estimate of drug-likeness (QED) is 0.610. The van der Waals surface area contributed by atoms with E-state index in [1.54, 1.807) is 5.06 Å². The number of hydrogen-bond donors (Lipinski definition) is 3. The number of benzene rings is 2. The standard InChI is InChI=1S/C18H18N2O3/c21-17-11-16(18(22)19-17)23-20(12-14-7-3-1-4-8-14)13-15-9-5-2-6-10-15/h1-11,19,21-22H,12-13H2. The maximum atomic E-state index is 9.75. The molecule has 3 rings (SSSR count). The minimum atomic E-state index is -0.200. The van der Waals surface area contributed by atoms with Crippen LogP contribution >= 0.6 is 0 Å². The number of hydrogen-bond acceptors (Lipinski definition) is 4. The molecular weight excluding hydrogens is 292 g/mol. The van der Waals surface area contributed by atoms with Gasteiger partial charge >= 0.3 is 0 Å². The second kappa shape index (κ2) is 6.89. The van der Waals surface area contributed by atoms with Crippen LogP contribution in [-0.2, 0) is 13.1 Å². The number of aromatic hydroxyl groups is 2.